The molecular weight excluding hydrogens is 314 g/mol. The molecule has 2 rings (SSSR count). The number of ether oxygens (including phenoxy) is 1. The first-order valence-corrected chi connectivity index (χ1v) is 8.55. The van der Waals surface area contributed by atoms with Crippen LogP contribution < -0.4 is 4.74 Å². The van der Waals surface area contributed by atoms with Crippen LogP contribution in [0.4, 0.5) is 0 Å². The molecule has 0 bridgehead atoms. The highest BCUT2D eigenvalue weighted by Crippen LogP contribution is 2.26. The van der Waals surface area contributed by atoms with Gasteiger partial charge in [0.25, 0.3) is 5.22 Å². The van der Waals surface area contributed by atoms with Crippen LogP contribution in [-0.4, -0.2) is 47.0 Å². The zero-order valence-electron chi connectivity index (χ0n) is 13.6. The molecule has 7 heteroatoms. The van der Waals surface area contributed by atoms with Gasteiger partial charge >= 0.3 is 0 Å². The Kier molecular flexibility index (Phi) is 6.46. The molecule has 0 radical (unpaired) electrons. The van der Waals surface area contributed by atoms with Gasteiger partial charge in [-0.15, -0.1) is 10.2 Å². The van der Waals surface area contributed by atoms with Gasteiger partial charge in [0.15, 0.2) is 0 Å². The number of carbonyl (C=O) groups is 1. The van der Waals surface area contributed by atoms with Gasteiger partial charge in [-0.3, -0.25) is 4.79 Å². The molecule has 1 aromatic carbocycles. The monoisotopic (exact) mass is 335 g/mol. The maximum atomic E-state index is 11.9. The van der Waals surface area contributed by atoms with Gasteiger partial charge in [-0.25, -0.2) is 0 Å². The number of carbonyl (C=O) groups excluding carboxylic acids is 1. The number of methoxy groups -OCH3 is 1. The number of benzene rings is 1. The van der Waals surface area contributed by atoms with Crippen molar-refractivity contribution in [2.24, 2.45) is 0 Å². The molecule has 0 unspecified atom stereocenters. The normalized spacial score (nSPS) is 10.6. The third-order valence-electron chi connectivity index (χ3n) is 3.38. The second kappa shape index (κ2) is 8.57. The van der Waals surface area contributed by atoms with Crippen molar-refractivity contribution in [2.45, 2.75) is 25.5 Å². The van der Waals surface area contributed by atoms with Crippen molar-refractivity contribution < 1.29 is 13.9 Å². The van der Waals surface area contributed by atoms with Crippen molar-refractivity contribution in [3.05, 3.63) is 24.3 Å². The SMILES string of the molecule is CCN(CC)C(=O)CCSc1nnc(-c2cccc(OC)c2)o1. The number of hydrogen-bond acceptors (Lipinski definition) is 6. The molecule has 124 valence electrons. The molecule has 0 fully saturated rings. The van der Waals surface area contributed by atoms with Gasteiger partial charge in [-0.2, -0.15) is 0 Å². The van der Waals surface area contributed by atoms with Crippen molar-refractivity contribution in [1.29, 1.82) is 0 Å². The summed E-state index contributed by atoms with van der Waals surface area (Å²) in [6, 6.07) is 7.45. The third-order valence-corrected chi connectivity index (χ3v) is 4.20. The van der Waals surface area contributed by atoms with Crippen LogP contribution in [0.25, 0.3) is 11.5 Å². The van der Waals surface area contributed by atoms with E-state index < -0.39 is 0 Å². The molecule has 0 aliphatic heterocycles. The molecule has 2 aromatic rings. The molecule has 0 aliphatic rings. The Balaban J connectivity index is 1.91. The van der Waals surface area contributed by atoms with E-state index in [1.165, 1.54) is 11.8 Å². The average molecular weight is 335 g/mol. The van der Waals surface area contributed by atoms with Crippen molar-refractivity contribution in [3.63, 3.8) is 0 Å². The fraction of sp³-hybridized carbons (Fsp3) is 0.438. The van der Waals surface area contributed by atoms with E-state index >= 15 is 0 Å². The highest BCUT2D eigenvalue weighted by molar-refractivity contribution is 7.99. The maximum absolute atomic E-state index is 11.9. The summed E-state index contributed by atoms with van der Waals surface area (Å²) in [6.45, 7) is 5.43. The zero-order chi connectivity index (χ0) is 16.7. The van der Waals surface area contributed by atoms with Crippen LogP contribution in [0, 0.1) is 0 Å². The molecule has 1 heterocycles. The Morgan fingerprint density at radius 1 is 1.30 bits per heavy atom. The van der Waals surface area contributed by atoms with Gasteiger partial charge in [0.05, 0.1) is 7.11 Å². The number of nitrogens with zero attached hydrogens (tertiary/aromatic N) is 3. The predicted molar refractivity (Wildman–Crippen MR) is 89.6 cm³/mol. The summed E-state index contributed by atoms with van der Waals surface area (Å²) >= 11 is 1.39. The van der Waals surface area contributed by atoms with Crippen LogP contribution in [0.5, 0.6) is 5.75 Å². The van der Waals surface area contributed by atoms with E-state index in [0.717, 1.165) is 24.4 Å². The molecule has 23 heavy (non-hydrogen) atoms. The minimum absolute atomic E-state index is 0.148. The summed E-state index contributed by atoms with van der Waals surface area (Å²) in [4.78, 5) is 13.7. The summed E-state index contributed by atoms with van der Waals surface area (Å²) in [5.41, 5.74) is 0.808. The molecule has 0 aliphatic carbocycles. The molecule has 0 spiro atoms. The lowest BCUT2D eigenvalue weighted by Crippen LogP contribution is -2.30. The van der Waals surface area contributed by atoms with Crippen LogP contribution >= 0.6 is 11.8 Å². The quantitative estimate of drug-likeness (QED) is 0.691. The summed E-state index contributed by atoms with van der Waals surface area (Å²) in [5.74, 6) is 1.95. The lowest BCUT2D eigenvalue weighted by molar-refractivity contribution is -0.130. The number of hydrogen-bond donors (Lipinski definition) is 0. The van der Waals surface area contributed by atoms with E-state index in [9.17, 15) is 4.79 Å². The molecule has 0 atom stereocenters. The minimum Gasteiger partial charge on any atom is -0.497 e. The number of thioether (sulfide) groups is 1. The van der Waals surface area contributed by atoms with Gasteiger partial charge in [0, 0.05) is 30.8 Å². The molecule has 1 amide bonds. The van der Waals surface area contributed by atoms with Crippen molar-refractivity contribution in [2.75, 3.05) is 26.0 Å². The van der Waals surface area contributed by atoms with Gasteiger partial charge in [0.2, 0.25) is 11.8 Å². The molecule has 6 nitrogen and oxygen atoms in total. The standard InChI is InChI=1S/C16H21N3O3S/c1-4-19(5-2)14(20)9-10-23-16-18-17-15(22-16)12-7-6-8-13(11-12)21-3/h6-8,11H,4-5,9-10H2,1-3H3. The Morgan fingerprint density at radius 3 is 2.78 bits per heavy atom. The maximum Gasteiger partial charge on any atom is 0.276 e. The second-order valence-corrected chi connectivity index (χ2v) is 5.82. The molecular formula is C16H21N3O3S. The predicted octanol–water partition coefficient (Wildman–Crippen LogP) is 3.10. The Hall–Kier alpha value is -2.02. The fourth-order valence-corrected chi connectivity index (χ4v) is 2.79. The van der Waals surface area contributed by atoms with Gasteiger partial charge < -0.3 is 14.1 Å². The Bertz CT molecular complexity index is 641. The molecule has 1 aromatic heterocycles. The first-order valence-electron chi connectivity index (χ1n) is 7.56. The summed E-state index contributed by atoms with van der Waals surface area (Å²) < 4.78 is 10.8. The lowest BCUT2D eigenvalue weighted by atomic mass is 10.2. The van der Waals surface area contributed by atoms with Crippen LogP contribution in [0.1, 0.15) is 20.3 Å². The van der Waals surface area contributed by atoms with E-state index in [1.807, 2.05) is 43.0 Å². The van der Waals surface area contributed by atoms with Gasteiger partial charge in [-0.1, -0.05) is 17.8 Å². The summed E-state index contributed by atoms with van der Waals surface area (Å²) in [6.07, 6.45) is 0.462. The number of rotatable bonds is 8. The fourth-order valence-electron chi connectivity index (χ4n) is 2.10. The van der Waals surface area contributed by atoms with Crippen LogP contribution in [0.2, 0.25) is 0 Å². The van der Waals surface area contributed by atoms with Gasteiger partial charge in [-0.05, 0) is 32.0 Å². The zero-order valence-corrected chi connectivity index (χ0v) is 14.4. The highest BCUT2D eigenvalue weighted by Gasteiger charge is 2.12. The largest absolute Gasteiger partial charge is 0.497 e. The Morgan fingerprint density at radius 2 is 2.09 bits per heavy atom. The smallest absolute Gasteiger partial charge is 0.276 e. The van der Waals surface area contributed by atoms with Crippen molar-refractivity contribution in [3.8, 4) is 17.2 Å². The first-order chi connectivity index (χ1) is 11.2. The van der Waals surface area contributed by atoms with E-state index in [-0.39, 0.29) is 5.91 Å². The van der Waals surface area contributed by atoms with Gasteiger partial charge in [0.1, 0.15) is 5.75 Å². The third kappa shape index (κ3) is 4.72. The topological polar surface area (TPSA) is 68.5 Å². The van der Waals surface area contributed by atoms with Crippen LogP contribution in [0.15, 0.2) is 33.9 Å². The molecule has 0 saturated carbocycles. The van der Waals surface area contributed by atoms with E-state index in [1.54, 1.807) is 7.11 Å². The lowest BCUT2D eigenvalue weighted by Gasteiger charge is -2.17. The molecule has 0 N–H and O–H groups in total. The first kappa shape index (κ1) is 17.3. The number of amides is 1. The minimum atomic E-state index is 0.148. The summed E-state index contributed by atoms with van der Waals surface area (Å²) in [5, 5.41) is 8.52. The second-order valence-electron chi connectivity index (χ2n) is 4.77. The van der Waals surface area contributed by atoms with Crippen molar-refractivity contribution >= 4 is 17.7 Å². The Labute approximate surface area is 140 Å². The van der Waals surface area contributed by atoms with Crippen LogP contribution in [-0.2, 0) is 4.79 Å². The summed E-state index contributed by atoms with van der Waals surface area (Å²) in [7, 11) is 1.61. The highest BCUT2D eigenvalue weighted by atomic mass is 32.2. The van der Waals surface area contributed by atoms with E-state index in [2.05, 4.69) is 10.2 Å². The van der Waals surface area contributed by atoms with E-state index in [0.29, 0.717) is 23.3 Å². The number of aromatic nitrogens is 2. The average Bonchev–Trinajstić information content (AvgIpc) is 3.05. The van der Waals surface area contributed by atoms with E-state index in [4.69, 9.17) is 9.15 Å². The van der Waals surface area contributed by atoms with Crippen molar-refractivity contribution in [1.82, 2.24) is 15.1 Å². The van der Waals surface area contributed by atoms with Crippen LogP contribution in [0.3, 0.4) is 0 Å². The molecule has 0 saturated heterocycles.